The van der Waals surface area contributed by atoms with Crippen LogP contribution < -0.4 is 10.6 Å². The molecule has 5 heteroatoms. The standard InChI is InChI=1S/C24H29FN4/c1-23(2,3)16-7-11-18(12-8-16)27-21-20(25)15-26-22(29-21)28-19-13-9-17(10-14-19)24(4,5)6/h7-15H,1-6H3,(H2,26,27,28,29). The maximum atomic E-state index is 14.2. The van der Waals surface area contributed by atoms with Crippen molar-refractivity contribution in [1.29, 1.82) is 0 Å². The van der Waals surface area contributed by atoms with Crippen molar-refractivity contribution in [3.05, 3.63) is 71.7 Å². The predicted molar refractivity (Wildman–Crippen MR) is 119 cm³/mol. The number of halogens is 1. The van der Waals surface area contributed by atoms with Gasteiger partial charge in [0.05, 0.1) is 6.20 Å². The fourth-order valence-electron chi connectivity index (χ4n) is 2.89. The Morgan fingerprint density at radius 3 is 1.59 bits per heavy atom. The molecule has 0 saturated carbocycles. The van der Waals surface area contributed by atoms with Gasteiger partial charge in [0.15, 0.2) is 11.6 Å². The van der Waals surface area contributed by atoms with Crippen molar-refractivity contribution in [2.24, 2.45) is 0 Å². The molecule has 3 aromatic rings. The van der Waals surface area contributed by atoms with Crippen LogP contribution in [0, 0.1) is 5.82 Å². The second-order valence-electron chi connectivity index (χ2n) is 9.29. The lowest BCUT2D eigenvalue weighted by atomic mass is 9.87. The first kappa shape index (κ1) is 20.8. The highest BCUT2D eigenvalue weighted by molar-refractivity contribution is 5.60. The summed E-state index contributed by atoms with van der Waals surface area (Å²) in [6.45, 7) is 13.0. The van der Waals surface area contributed by atoms with Gasteiger partial charge < -0.3 is 10.6 Å². The normalized spacial score (nSPS) is 12.0. The molecule has 29 heavy (non-hydrogen) atoms. The fourth-order valence-corrected chi connectivity index (χ4v) is 2.89. The molecule has 0 atom stereocenters. The van der Waals surface area contributed by atoms with E-state index in [1.165, 1.54) is 17.3 Å². The minimum Gasteiger partial charge on any atom is -0.338 e. The summed E-state index contributed by atoms with van der Waals surface area (Å²) in [7, 11) is 0. The van der Waals surface area contributed by atoms with Crippen molar-refractivity contribution in [3.63, 3.8) is 0 Å². The van der Waals surface area contributed by atoms with Gasteiger partial charge in [-0.3, -0.25) is 0 Å². The van der Waals surface area contributed by atoms with Crippen LogP contribution in [0.1, 0.15) is 52.7 Å². The molecular weight excluding hydrogens is 363 g/mol. The van der Waals surface area contributed by atoms with E-state index in [2.05, 4.69) is 74.3 Å². The zero-order valence-electron chi connectivity index (χ0n) is 18.0. The summed E-state index contributed by atoms with van der Waals surface area (Å²) in [5, 5.41) is 6.18. The smallest absolute Gasteiger partial charge is 0.229 e. The van der Waals surface area contributed by atoms with Crippen molar-refractivity contribution in [2.75, 3.05) is 10.6 Å². The monoisotopic (exact) mass is 392 g/mol. The highest BCUT2D eigenvalue weighted by atomic mass is 19.1. The van der Waals surface area contributed by atoms with Gasteiger partial charge in [0.1, 0.15) is 0 Å². The molecule has 3 rings (SSSR count). The first-order valence-electron chi connectivity index (χ1n) is 9.80. The van der Waals surface area contributed by atoms with Gasteiger partial charge in [-0.05, 0) is 46.2 Å². The number of nitrogens with one attached hydrogen (secondary N) is 2. The van der Waals surface area contributed by atoms with E-state index in [1.54, 1.807) is 0 Å². The van der Waals surface area contributed by atoms with Gasteiger partial charge in [-0.2, -0.15) is 4.98 Å². The van der Waals surface area contributed by atoms with Crippen LogP contribution in [-0.2, 0) is 10.8 Å². The van der Waals surface area contributed by atoms with E-state index in [-0.39, 0.29) is 16.6 Å². The summed E-state index contributed by atoms with van der Waals surface area (Å²) in [6, 6.07) is 16.0. The van der Waals surface area contributed by atoms with Gasteiger partial charge in [-0.25, -0.2) is 9.37 Å². The second-order valence-corrected chi connectivity index (χ2v) is 9.29. The minimum absolute atomic E-state index is 0.0678. The molecule has 2 N–H and O–H groups in total. The van der Waals surface area contributed by atoms with Crippen LogP contribution in [0.25, 0.3) is 0 Å². The molecule has 0 fully saturated rings. The Morgan fingerprint density at radius 2 is 1.14 bits per heavy atom. The number of nitrogens with zero attached hydrogens (tertiary/aromatic N) is 2. The lowest BCUT2D eigenvalue weighted by Gasteiger charge is -2.19. The zero-order chi connectivity index (χ0) is 21.2. The molecule has 0 radical (unpaired) electrons. The Balaban J connectivity index is 1.76. The highest BCUT2D eigenvalue weighted by Gasteiger charge is 2.15. The summed E-state index contributed by atoms with van der Waals surface area (Å²) < 4.78 is 14.2. The van der Waals surface area contributed by atoms with E-state index < -0.39 is 5.82 Å². The Kier molecular flexibility index (Phi) is 5.60. The van der Waals surface area contributed by atoms with E-state index in [0.717, 1.165) is 11.4 Å². The van der Waals surface area contributed by atoms with Crippen molar-refractivity contribution >= 4 is 23.1 Å². The predicted octanol–water partition coefficient (Wildman–Crippen LogP) is 6.70. The molecule has 0 saturated heterocycles. The molecule has 4 nitrogen and oxygen atoms in total. The van der Waals surface area contributed by atoms with Gasteiger partial charge in [-0.1, -0.05) is 65.8 Å². The van der Waals surface area contributed by atoms with Crippen LogP contribution in [0.4, 0.5) is 27.5 Å². The average molecular weight is 393 g/mol. The summed E-state index contributed by atoms with van der Waals surface area (Å²) >= 11 is 0. The number of hydrogen-bond donors (Lipinski definition) is 2. The molecule has 0 unspecified atom stereocenters. The highest BCUT2D eigenvalue weighted by Crippen LogP contribution is 2.27. The van der Waals surface area contributed by atoms with Crippen LogP contribution in [0.5, 0.6) is 0 Å². The Hall–Kier alpha value is -2.95. The van der Waals surface area contributed by atoms with Gasteiger partial charge in [-0.15, -0.1) is 0 Å². The Morgan fingerprint density at radius 1 is 0.690 bits per heavy atom. The molecule has 0 aliphatic rings. The first-order chi connectivity index (χ1) is 13.5. The van der Waals surface area contributed by atoms with Crippen LogP contribution in [0.2, 0.25) is 0 Å². The molecule has 2 aromatic carbocycles. The van der Waals surface area contributed by atoms with Crippen molar-refractivity contribution in [1.82, 2.24) is 9.97 Å². The Bertz CT molecular complexity index is 966. The zero-order valence-corrected chi connectivity index (χ0v) is 18.0. The molecule has 1 heterocycles. The fraction of sp³-hybridized carbons (Fsp3) is 0.333. The Labute approximate surface area is 172 Å². The number of anilines is 4. The molecule has 0 aliphatic carbocycles. The number of benzene rings is 2. The van der Waals surface area contributed by atoms with Crippen molar-refractivity contribution < 1.29 is 4.39 Å². The SMILES string of the molecule is CC(C)(C)c1ccc(Nc2ncc(F)c(Nc3ccc(C(C)(C)C)cc3)n2)cc1. The third-order valence-electron chi connectivity index (χ3n) is 4.76. The van der Waals surface area contributed by atoms with E-state index >= 15 is 0 Å². The lowest BCUT2D eigenvalue weighted by Crippen LogP contribution is -2.11. The summed E-state index contributed by atoms with van der Waals surface area (Å²) in [5.74, 6) is -0.0282. The van der Waals surface area contributed by atoms with E-state index in [1.807, 2.05) is 36.4 Å². The van der Waals surface area contributed by atoms with Gasteiger partial charge in [0.2, 0.25) is 5.95 Å². The molecule has 152 valence electrons. The minimum atomic E-state index is -0.501. The second kappa shape index (κ2) is 7.82. The maximum Gasteiger partial charge on any atom is 0.229 e. The molecular formula is C24H29FN4. The van der Waals surface area contributed by atoms with Crippen molar-refractivity contribution in [2.45, 2.75) is 52.4 Å². The third kappa shape index (κ3) is 5.31. The molecule has 0 spiro atoms. The summed E-state index contributed by atoms with van der Waals surface area (Å²) in [5.41, 5.74) is 4.24. The van der Waals surface area contributed by atoms with E-state index in [0.29, 0.717) is 5.95 Å². The number of aromatic nitrogens is 2. The molecule has 0 aliphatic heterocycles. The summed E-state index contributed by atoms with van der Waals surface area (Å²) in [4.78, 5) is 8.35. The maximum absolute atomic E-state index is 14.2. The quantitative estimate of drug-likeness (QED) is 0.519. The largest absolute Gasteiger partial charge is 0.338 e. The van der Waals surface area contributed by atoms with Crippen LogP contribution in [0.3, 0.4) is 0 Å². The van der Waals surface area contributed by atoms with Gasteiger partial charge in [0.25, 0.3) is 0 Å². The number of hydrogen-bond acceptors (Lipinski definition) is 4. The number of rotatable bonds is 4. The molecule has 1 aromatic heterocycles. The van der Waals surface area contributed by atoms with Crippen LogP contribution in [0.15, 0.2) is 54.7 Å². The molecule has 0 amide bonds. The topological polar surface area (TPSA) is 49.8 Å². The molecule has 0 bridgehead atoms. The summed E-state index contributed by atoms with van der Waals surface area (Å²) in [6.07, 6.45) is 1.17. The third-order valence-corrected chi connectivity index (χ3v) is 4.76. The van der Waals surface area contributed by atoms with Crippen molar-refractivity contribution in [3.8, 4) is 0 Å². The van der Waals surface area contributed by atoms with Crippen LogP contribution >= 0.6 is 0 Å². The van der Waals surface area contributed by atoms with Gasteiger partial charge >= 0.3 is 0 Å². The van der Waals surface area contributed by atoms with E-state index in [9.17, 15) is 4.39 Å². The van der Waals surface area contributed by atoms with E-state index in [4.69, 9.17) is 0 Å². The van der Waals surface area contributed by atoms with Gasteiger partial charge in [0, 0.05) is 11.4 Å². The first-order valence-corrected chi connectivity index (χ1v) is 9.80. The lowest BCUT2D eigenvalue weighted by molar-refractivity contribution is 0.590. The van der Waals surface area contributed by atoms with Crippen LogP contribution in [-0.4, -0.2) is 9.97 Å². The average Bonchev–Trinajstić information content (AvgIpc) is 2.64.